The van der Waals surface area contributed by atoms with Crippen molar-refractivity contribution in [2.75, 3.05) is 0 Å². The summed E-state index contributed by atoms with van der Waals surface area (Å²) >= 11 is 17.1. The van der Waals surface area contributed by atoms with Gasteiger partial charge in [-0.3, -0.25) is 4.79 Å². The molecule has 0 saturated heterocycles. The van der Waals surface area contributed by atoms with Crippen LogP contribution in [0.3, 0.4) is 0 Å². The number of carbonyl (C=O) groups excluding carboxylic acids is 1. The van der Waals surface area contributed by atoms with Crippen molar-refractivity contribution in [3.63, 3.8) is 0 Å². The summed E-state index contributed by atoms with van der Waals surface area (Å²) in [7, 11) is -4.22. The molecule has 2 rings (SSSR count). The van der Waals surface area contributed by atoms with Crippen LogP contribution in [0.1, 0.15) is 10.4 Å². The van der Waals surface area contributed by atoms with Crippen LogP contribution in [-0.2, 0) is 10.0 Å². The lowest BCUT2D eigenvalue weighted by molar-refractivity contribution is 0.0981. The molecule has 0 spiro atoms. The SMILES string of the molecule is O=C(NS(=O)(=O)c1ccc(F)c(Cl)c1)c1ccc(Cl)cc1Cl. The molecule has 0 fully saturated rings. The number of rotatable bonds is 3. The standard InChI is InChI=1S/C13H7Cl3FNO3S/c14-7-1-3-9(10(15)5-7)13(19)18-22(20,21)8-2-4-12(17)11(16)6-8/h1-6H,(H,18,19). The van der Waals surface area contributed by atoms with Crippen LogP contribution in [0.4, 0.5) is 4.39 Å². The van der Waals surface area contributed by atoms with Crippen molar-refractivity contribution in [3.05, 3.63) is 62.8 Å². The number of hydrogen-bond donors (Lipinski definition) is 1. The first-order chi connectivity index (χ1) is 10.2. The molecule has 4 nitrogen and oxygen atoms in total. The highest BCUT2D eigenvalue weighted by Gasteiger charge is 2.21. The summed E-state index contributed by atoms with van der Waals surface area (Å²) in [6.45, 7) is 0. The minimum absolute atomic E-state index is 0.00246. The Labute approximate surface area is 140 Å². The van der Waals surface area contributed by atoms with Gasteiger partial charge in [0, 0.05) is 5.02 Å². The minimum Gasteiger partial charge on any atom is -0.268 e. The number of benzene rings is 2. The van der Waals surface area contributed by atoms with Crippen LogP contribution in [-0.4, -0.2) is 14.3 Å². The Bertz CT molecular complexity index is 856. The Kier molecular flexibility index (Phi) is 4.97. The maximum absolute atomic E-state index is 13.1. The van der Waals surface area contributed by atoms with Gasteiger partial charge in [-0.1, -0.05) is 34.8 Å². The lowest BCUT2D eigenvalue weighted by Crippen LogP contribution is -2.30. The van der Waals surface area contributed by atoms with Gasteiger partial charge in [0.05, 0.1) is 20.5 Å². The predicted octanol–water partition coefficient (Wildman–Crippen LogP) is 3.90. The minimum atomic E-state index is -4.22. The van der Waals surface area contributed by atoms with Crippen LogP contribution in [0.2, 0.25) is 15.1 Å². The first-order valence-electron chi connectivity index (χ1n) is 5.68. The monoisotopic (exact) mass is 381 g/mol. The summed E-state index contributed by atoms with van der Waals surface area (Å²) in [5.41, 5.74) is -0.0668. The zero-order valence-electron chi connectivity index (χ0n) is 10.6. The van der Waals surface area contributed by atoms with E-state index in [1.807, 2.05) is 4.72 Å². The van der Waals surface area contributed by atoms with Crippen molar-refractivity contribution >= 4 is 50.7 Å². The van der Waals surface area contributed by atoms with Gasteiger partial charge in [-0.05, 0) is 36.4 Å². The average Bonchev–Trinajstić information content (AvgIpc) is 2.40. The number of sulfonamides is 1. The predicted molar refractivity (Wildman–Crippen MR) is 82.5 cm³/mol. The molecular formula is C13H7Cl3FNO3S. The van der Waals surface area contributed by atoms with E-state index < -0.39 is 21.7 Å². The van der Waals surface area contributed by atoms with Gasteiger partial charge >= 0.3 is 0 Å². The van der Waals surface area contributed by atoms with Crippen molar-refractivity contribution in [2.24, 2.45) is 0 Å². The van der Waals surface area contributed by atoms with Crippen LogP contribution in [0.25, 0.3) is 0 Å². The number of carbonyl (C=O) groups is 1. The van der Waals surface area contributed by atoms with E-state index in [4.69, 9.17) is 34.8 Å². The van der Waals surface area contributed by atoms with Gasteiger partial charge in [-0.25, -0.2) is 17.5 Å². The topological polar surface area (TPSA) is 63.2 Å². The number of nitrogens with one attached hydrogen (secondary N) is 1. The molecule has 0 atom stereocenters. The molecule has 0 unspecified atom stereocenters. The molecule has 0 bridgehead atoms. The third kappa shape index (κ3) is 3.70. The zero-order chi connectivity index (χ0) is 16.5. The molecule has 2 aromatic rings. The Morgan fingerprint density at radius 1 is 1.00 bits per heavy atom. The molecule has 9 heteroatoms. The van der Waals surface area contributed by atoms with E-state index in [-0.39, 0.29) is 20.5 Å². The molecule has 116 valence electrons. The third-order valence-electron chi connectivity index (χ3n) is 2.60. The zero-order valence-corrected chi connectivity index (χ0v) is 13.7. The fourth-order valence-corrected chi connectivity index (χ4v) is 3.29. The third-order valence-corrected chi connectivity index (χ3v) is 4.77. The molecule has 0 aliphatic heterocycles. The van der Waals surface area contributed by atoms with Crippen molar-refractivity contribution in [2.45, 2.75) is 4.90 Å². The smallest absolute Gasteiger partial charge is 0.266 e. The first-order valence-corrected chi connectivity index (χ1v) is 8.29. The fourth-order valence-electron chi connectivity index (χ4n) is 1.55. The lowest BCUT2D eigenvalue weighted by Gasteiger charge is -2.09. The second kappa shape index (κ2) is 6.42. The highest BCUT2D eigenvalue weighted by atomic mass is 35.5. The second-order valence-electron chi connectivity index (χ2n) is 4.13. The molecule has 0 heterocycles. The lowest BCUT2D eigenvalue weighted by atomic mass is 10.2. The molecule has 1 N–H and O–H groups in total. The summed E-state index contributed by atoms with van der Waals surface area (Å²) in [5.74, 6) is -1.71. The molecule has 0 aromatic heterocycles. The second-order valence-corrected chi connectivity index (χ2v) is 7.07. The summed E-state index contributed by atoms with van der Waals surface area (Å²) in [6, 6.07) is 6.75. The molecule has 2 aromatic carbocycles. The summed E-state index contributed by atoms with van der Waals surface area (Å²) in [5, 5.41) is -0.0769. The molecule has 0 aliphatic carbocycles. The van der Waals surface area contributed by atoms with Gasteiger partial charge in [-0.15, -0.1) is 0 Å². The van der Waals surface area contributed by atoms with E-state index in [1.54, 1.807) is 0 Å². The van der Waals surface area contributed by atoms with E-state index in [0.29, 0.717) is 5.02 Å². The van der Waals surface area contributed by atoms with Crippen LogP contribution < -0.4 is 4.72 Å². The van der Waals surface area contributed by atoms with Crippen LogP contribution in [0, 0.1) is 5.82 Å². The average molecular weight is 383 g/mol. The molecule has 0 aliphatic rings. The van der Waals surface area contributed by atoms with Crippen molar-refractivity contribution < 1.29 is 17.6 Å². The van der Waals surface area contributed by atoms with Gasteiger partial charge in [0.25, 0.3) is 15.9 Å². The summed E-state index contributed by atoms with van der Waals surface area (Å²) < 4.78 is 39.0. The number of halogens is 4. The Balaban J connectivity index is 2.31. The quantitative estimate of drug-likeness (QED) is 0.875. The van der Waals surface area contributed by atoms with Gasteiger partial charge < -0.3 is 0 Å². The molecule has 0 radical (unpaired) electrons. The normalized spacial score (nSPS) is 11.3. The largest absolute Gasteiger partial charge is 0.268 e. The highest BCUT2D eigenvalue weighted by molar-refractivity contribution is 7.90. The van der Waals surface area contributed by atoms with Crippen LogP contribution in [0.5, 0.6) is 0 Å². The maximum Gasteiger partial charge on any atom is 0.266 e. The van der Waals surface area contributed by atoms with Gasteiger partial charge in [-0.2, -0.15) is 0 Å². The van der Waals surface area contributed by atoms with E-state index in [9.17, 15) is 17.6 Å². The fraction of sp³-hybridized carbons (Fsp3) is 0. The van der Waals surface area contributed by atoms with Gasteiger partial charge in [0.1, 0.15) is 5.82 Å². The van der Waals surface area contributed by atoms with Crippen molar-refractivity contribution in [3.8, 4) is 0 Å². The van der Waals surface area contributed by atoms with E-state index >= 15 is 0 Å². The maximum atomic E-state index is 13.1. The Morgan fingerprint density at radius 2 is 1.68 bits per heavy atom. The van der Waals surface area contributed by atoms with E-state index in [2.05, 4.69) is 0 Å². The molecule has 0 saturated carbocycles. The first kappa shape index (κ1) is 17.0. The Hall–Kier alpha value is -1.34. The summed E-state index contributed by atoms with van der Waals surface area (Å²) in [4.78, 5) is 11.6. The number of hydrogen-bond acceptors (Lipinski definition) is 3. The van der Waals surface area contributed by atoms with Crippen molar-refractivity contribution in [1.29, 1.82) is 0 Å². The summed E-state index contributed by atoms with van der Waals surface area (Å²) in [6.07, 6.45) is 0. The molecular weight excluding hydrogens is 376 g/mol. The highest BCUT2D eigenvalue weighted by Crippen LogP contribution is 2.22. The van der Waals surface area contributed by atoms with Crippen LogP contribution in [0.15, 0.2) is 41.3 Å². The number of amides is 1. The van der Waals surface area contributed by atoms with Crippen LogP contribution >= 0.6 is 34.8 Å². The Morgan fingerprint density at radius 3 is 2.27 bits per heavy atom. The van der Waals surface area contributed by atoms with Crippen molar-refractivity contribution in [1.82, 2.24) is 4.72 Å². The van der Waals surface area contributed by atoms with Gasteiger partial charge in [0.15, 0.2) is 0 Å². The van der Waals surface area contributed by atoms with E-state index in [1.165, 1.54) is 18.2 Å². The van der Waals surface area contributed by atoms with E-state index in [0.717, 1.165) is 18.2 Å². The van der Waals surface area contributed by atoms with Gasteiger partial charge in [0.2, 0.25) is 0 Å². The molecule has 22 heavy (non-hydrogen) atoms. The molecule has 1 amide bonds.